The number of alkyl carbamates (subject to hydrolysis) is 1. The number of benzene rings is 2. The first-order valence-electron chi connectivity index (χ1n) is 13.1. The molecule has 39 heavy (non-hydrogen) atoms. The Morgan fingerprint density at radius 3 is 2.28 bits per heavy atom. The topological polar surface area (TPSA) is 91.0 Å². The molecule has 3 atom stereocenters. The number of halogens is 3. The fourth-order valence-electron chi connectivity index (χ4n) is 5.32. The number of methoxy groups -OCH3 is 1. The van der Waals surface area contributed by atoms with E-state index in [1.807, 2.05) is 12.1 Å². The molecule has 0 aromatic heterocycles. The number of hydrogen-bond donors (Lipinski definition) is 2. The van der Waals surface area contributed by atoms with Gasteiger partial charge in [-0.2, -0.15) is 13.2 Å². The van der Waals surface area contributed by atoms with Crippen LogP contribution in [0.25, 0.3) is 0 Å². The van der Waals surface area contributed by atoms with Gasteiger partial charge in [0.05, 0.1) is 18.7 Å². The minimum absolute atomic E-state index is 0.0164. The predicted octanol–water partition coefficient (Wildman–Crippen LogP) is 5.11. The maximum absolute atomic E-state index is 13.1. The van der Waals surface area contributed by atoms with Crippen molar-refractivity contribution < 1.29 is 32.3 Å². The second-order valence-electron chi connectivity index (χ2n) is 9.79. The molecule has 0 saturated carbocycles. The summed E-state index contributed by atoms with van der Waals surface area (Å²) >= 11 is 0. The average Bonchev–Trinajstić information content (AvgIpc) is 3.62. The summed E-state index contributed by atoms with van der Waals surface area (Å²) in [6.07, 6.45) is -1.72. The van der Waals surface area contributed by atoms with Gasteiger partial charge in [0.2, 0.25) is 11.8 Å². The Morgan fingerprint density at radius 1 is 1.00 bits per heavy atom. The second kappa shape index (κ2) is 12.0. The zero-order valence-corrected chi connectivity index (χ0v) is 22.0. The molecule has 1 unspecified atom stereocenters. The quantitative estimate of drug-likeness (QED) is 0.504. The smallest absolute Gasteiger partial charge is 0.416 e. The molecule has 4 rings (SSSR count). The zero-order valence-electron chi connectivity index (χ0n) is 22.0. The van der Waals surface area contributed by atoms with Gasteiger partial charge in [0.25, 0.3) is 0 Å². The van der Waals surface area contributed by atoms with Gasteiger partial charge in [0.1, 0.15) is 12.1 Å². The van der Waals surface area contributed by atoms with Crippen molar-refractivity contribution in [1.29, 1.82) is 0 Å². The van der Waals surface area contributed by atoms with Crippen LogP contribution in [0.2, 0.25) is 0 Å². The van der Waals surface area contributed by atoms with E-state index >= 15 is 0 Å². The molecule has 2 heterocycles. The third-order valence-electron chi connectivity index (χ3n) is 7.36. The molecule has 2 N–H and O–H groups in total. The highest BCUT2D eigenvalue weighted by Crippen LogP contribution is 2.38. The molecule has 2 fully saturated rings. The number of likely N-dealkylation sites (tertiary alicyclic amines) is 1. The van der Waals surface area contributed by atoms with Crippen molar-refractivity contribution in [2.24, 2.45) is 0 Å². The van der Waals surface area contributed by atoms with Crippen molar-refractivity contribution in [3.05, 3.63) is 59.7 Å². The Balaban J connectivity index is 1.40. The van der Waals surface area contributed by atoms with Gasteiger partial charge in [-0.3, -0.25) is 9.59 Å². The molecular formula is C28H33F3N4O4. The highest BCUT2D eigenvalue weighted by Gasteiger charge is 2.37. The van der Waals surface area contributed by atoms with Crippen molar-refractivity contribution in [3.8, 4) is 0 Å². The lowest BCUT2D eigenvalue weighted by atomic mass is 10.0. The molecule has 2 aliphatic rings. The molecular weight excluding hydrogens is 513 g/mol. The molecule has 2 saturated heterocycles. The number of alkyl halides is 3. The number of anilines is 2. The maximum atomic E-state index is 13.1. The van der Waals surface area contributed by atoms with Crippen LogP contribution >= 0.6 is 0 Å². The van der Waals surface area contributed by atoms with Crippen molar-refractivity contribution in [1.82, 2.24) is 10.2 Å². The van der Waals surface area contributed by atoms with Crippen LogP contribution in [0, 0.1) is 0 Å². The molecule has 210 valence electrons. The van der Waals surface area contributed by atoms with E-state index in [2.05, 4.69) is 20.3 Å². The van der Waals surface area contributed by atoms with Gasteiger partial charge in [-0.1, -0.05) is 19.1 Å². The number of nitrogens with one attached hydrogen (secondary N) is 2. The van der Waals surface area contributed by atoms with Crippen molar-refractivity contribution >= 4 is 29.3 Å². The summed E-state index contributed by atoms with van der Waals surface area (Å²) in [5.41, 5.74) is 1.65. The van der Waals surface area contributed by atoms with Crippen molar-refractivity contribution in [2.75, 3.05) is 30.4 Å². The molecule has 2 aromatic carbocycles. The average molecular weight is 547 g/mol. The SMILES string of the molecule is CC[C@H](NC(=O)OC)C(=O)N1CCCC1C(=O)Nc1ccc([C@H]2CCCN2c2ccc(C(F)(F)F)cc2)cc1. The second-order valence-corrected chi connectivity index (χ2v) is 9.79. The maximum Gasteiger partial charge on any atom is 0.416 e. The standard InChI is InChI=1S/C28H33F3N4O4/c1-3-22(33-27(38)39-2)26(37)35-17-5-7-24(35)25(36)32-20-12-8-18(9-13-20)23-6-4-16-34(23)21-14-10-19(11-15-21)28(29,30)31/h8-15,22-24H,3-7,16-17H2,1-2H3,(H,32,36)(H,33,38)/t22-,23+,24?/m0/s1. The normalized spacial score (nSPS) is 20.0. The van der Waals surface area contributed by atoms with E-state index in [1.165, 1.54) is 24.1 Å². The van der Waals surface area contributed by atoms with Crippen molar-refractivity contribution in [3.63, 3.8) is 0 Å². The first-order valence-corrected chi connectivity index (χ1v) is 13.1. The fourth-order valence-corrected chi connectivity index (χ4v) is 5.32. The van der Waals surface area contributed by atoms with Gasteiger partial charge in [-0.25, -0.2) is 4.79 Å². The number of carbonyl (C=O) groups is 3. The summed E-state index contributed by atoms with van der Waals surface area (Å²) in [6, 6.07) is 11.2. The minimum Gasteiger partial charge on any atom is -0.453 e. The Hall–Kier alpha value is -3.76. The van der Waals surface area contributed by atoms with Gasteiger partial charge in [-0.15, -0.1) is 0 Å². The summed E-state index contributed by atoms with van der Waals surface area (Å²) in [7, 11) is 1.23. The Kier molecular flexibility index (Phi) is 8.66. The highest BCUT2D eigenvalue weighted by atomic mass is 19.4. The number of hydrogen-bond acceptors (Lipinski definition) is 5. The zero-order chi connectivity index (χ0) is 28.2. The number of carbonyl (C=O) groups excluding carboxylic acids is 3. The van der Waals surface area contributed by atoms with Crippen LogP contribution in [0.15, 0.2) is 48.5 Å². The van der Waals surface area contributed by atoms with Gasteiger partial charge in [0.15, 0.2) is 0 Å². The van der Waals surface area contributed by atoms with E-state index in [0.717, 1.165) is 42.8 Å². The first kappa shape index (κ1) is 28.3. The molecule has 2 aromatic rings. The van der Waals surface area contributed by atoms with E-state index in [1.54, 1.807) is 19.1 Å². The summed E-state index contributed by atoms with van der Waals surface area (Å²) < 4.78 is 43.5. The molecule has 2 aliphatic heterocycles. The van der Waals surface area contributed by atoms with Crippen LogP contribution in [-0.2, 0) is 20.5 Å². The van der Waals surface area contributed by atoms with E-state index in [9.17, 15) is 27.6 Å². The summed E-state index contributed by atoms with van der Waals surface area (Å²) in [4.78, 5) is 41.3. The van der Waals surface area contributed by atoms with Gasteiger partial charge in [0, 0.05) is 24.5 Å². The lowest BCUT2D eigenvalue weighted by Crippen LogP contribution is -2.52. The van der Waals surface area contributed by atoms with E-state index in [0.29, 0.717) is 31.5 Å². The molecule has 3 amide bonds. The van der Waals surface area contributed by atoms with Gasteiger partial charge >= 0.3 is 12.3 Å². The van der Waals surface area contributed by atoms with E-state index in [4.69, 9.17) is 0 Å². The summed E-state index contributed by atoms with van der Waals surface area (Å²) in [6.45, 7) is 2.94. The third kappa shape index (κ3) is 6.46. The van der Waals surface area contributed by atoms with E-state index in [-0.39, 0.29) is 17.9 Å². The molecule has 11 heteroatoms. The first-order chi connectivity index (χ1) is 18.6. The van der Waals surface area contributed by atoms with Crippen LogP contribution in [-0.4, -0.2) is 55.1 Å². The minimum atomic E-state index is -4.37. The number of nitrogens with zero attached hydrogens (tertiary/aromatic N) is 2. The largest absolute Gasteiger partial charge is 0.453 e. The fraction of sp³-hybridized carbons (Fsp3) is 0.464. The summed E-state index contributed by atoms with van der Waals surface area (Å²) in [5, 5.41) is 5.42. The molecule has 0 aliphatic carbocycles. The van der Waals surface area contributed by atoms with E-state index < -0.39 is 29.9 Å². The lowest BCUT2D eigenvalue weighted by Gasteiger charge is -2.28. The van der Waals surface area contributed by atoms with Gasteiger partial charge < -0.3 is 25.2 Å². The van der Waals surface area contributed by atoms with Crippen LogP contribution in [0.5, 0.6) is 0 Å². The number of rotatable bonds is 7. The molecule has 0 bridgehead atoms. The van der Waals surface area contributed by atoms with Crippen LogP contribution in [0.3, 0.4) is 0 Å². The van der Waals surface area contributed by atoms with Crippen LogP contribution in [0.1, 0.15) is 56.2 Å². The Morgan fingerprint density at radius 2 is 1.67 bits per heavy atom. The lowest BCUT2D eigenvalue weighted by molar-refractivity contribution is -0.138. The monoisotopic (exact) mass is 546 g/mol. The van der Waals surface area contributed by atoms with Crippen molar-refractivity contribution in [2.45, 2.75) is 63.3 Å². The van der Waals surface area contributed by atoms with Crippen LogP contribution in [0.4, 0.5) is 29.3 Å². The predicted molar refractivity (Wildman–Crippen MR) is 140 cm³/mol. The Labute approximate surface area is 225 Å². The molecule has 0 spiro atoms. The summed E-state index contributed by atoms with van der Waals surface area (Å²) in [5.74, 6) is -0.616. The van der Waals surface area contributed by atoms with Gasteiger partial charge in [-0.05, 0) is 74.1 Å². The number of amides is 3. The van der Waals surface area contributed by atoms with Crippen LogP contribution < -0.4 is 15.5 Å². The highest BCUT2D eigenvalue weighted by molar-refractivity contribution is 5.98. The third-order valence-corrected chi connectivity index (χ3v) is 7.36. The molecule has 0 radical (unpaired) electrons. The Bertz CT molecular complexity index is 1170. The number of ether oxygens (including phenoxy) is 1. The molecule has 8 nitrogen and oxygen atoms in total.